The summed E-state index contributed by atoms with van der Waals surface area (Å²) in [5.74, 6) is -0.331. The fraction of sp³-hybridized carbons (Fsp3) is 0.643. The van der Waals surface area contributed by atoms with Crippen LogP contribution in [0.5, 0.6) is 0 Å². The summed E-state index contributed by atoms with van der Waals surface area (Å²) in [7, 11) is 0. The van der Waals surface area contributed by atoms with Crippen molar-refractivity contribution in [1.82, 2.24) is 5.32 Å². The molecule has 1 amide bonds. The topological polar surface area (TPSA) is 64.3 Å². The molecule has 18 heavy (non-hydrogen) atoms. The van der Waals surface area contributed by atoms with Gasteiger partial charge >= 0.3 is 0 Å². The van der Waals surface area contributed by atoms with E-state index in [2.05, 4.69) is 31.3 Å². The third-order valence-electron chi connectivity index (χ3n) is 2.45. The number of carbonyl (C=O) groups excluding carboxylic acids is 1. The lowest BCUT2D eigenvalue weighted by atomic mass is 10.2. The quantitative estimate of drug-likeness (QED) is 0.550. The number of hydrogen-bond acceptors (Lipinski definition) is 3. The SMILES string of the molecule is C#C.C1CCNCC1.C=C.NC(=O)C1CCCO1. The molecule has 104 valence electrons. The molecular formula is C14H26N2O2. The summed E-state index contributed by atoms with van der Waals surface area (Å²) in [5, 5.41) is 3.28. The van der Waals surface area contributed by atoms with Crippen LogP contribution in [0.1, 0.15) is 32.1 Å². The van der Waals surface area contributed by atoms with Crippen molar-refractivity contribution in [2.45, 2.75) is 38.2 Å². The fourth-order valence-corrected chi connectivity index (χ4v) is 1.60. The molecule has 0 aromatic rings. The molecule has 0 saturated carbocycles. The van der Waals surface area contributed by atoms with Crippen molar-refractivity contribution < 1.29 is 9.53 Å². The molecule has 0 aliphatic carbocycles. The molecule has 0 radical (unpaired) electrons. The summed E-state index contributed by atoms with van der Waals surface area (Å²) in [5.41, 5.74) is 4.93. The van der Waals surface area contributed by atoms with Crippen LogP contribution in [0.25, 0.3) is 0 Å². The van der Waals surface area contributed by atoms with Gasteiger partial charge in [-0.2, -0.15) is 0 Å². The number of piperidine rings is 1. The first-order valence-corrected chi connectivity index (χ1v) is 6.25. The van der Waals surface area contributed by atoms with Gasteiger partial charge in [0.25, 0.3) is 0 Å². The van der Waals surface area contributed by atoms with E-state index in [-0.39, 0.29) is 12.0 Å². The highest BCUT2D eigenvalue weighted by atomic mass is 16.5. The summed E-state index contributed by atoms with van der Waals surface area (Å²) < 4.78 is 4.94. The monoisotopic (exact) mass is 254 g/mol. The fourth-order valence-electron chi connectivity index (χ4n) is 1.60. The predicted octanol–water partition coefficient (Wildman–Crippen LogP) is 1.46. The van der Waals surface area contributed by atoms with Gasteiger partial charge in [0.1, 0.15) is 6.10 Å². The van der Waals surface area contributed by atoms with Gasteiger partial charge in [-0.1, -0.05) is 6.42 Å². The molecule has 0 aromatic heterocycles. The summed E-state index contributed by atoms with van der Waals surface area (Å²) in [4.78, 5) is 10.3. The van der Waals surface area contributed by atoms with Crippen LogP contribution in [0.3, 0.4) is 0 Å². The normalized spacial score (nSPS) is 20.9. The largest absolute Gasteiger partial charge is 0.368 e. The van der Waals surface area contributed by atoms with Gasteiger partial charge in [-0.05, 0) is 38.8 Å². The van der Waals surface area contributed by atoms with Gasteiger partial charge in [-0.3, -0.25) is 4.79 Å². The smallest absolute Gasteiger partial charge is 0.246 e. The Morgan fingerprint density at radius 3 is 1.89 bits per heavy atom. The standard InChI is InChI=1S/C5H9NO2.C5H11N.C2H4.C2H2/c6-5(7)4-2-1-3-8-4;1-2-4-6-5-3-1;2*1-2/h4H,1-3H2,(H2,6,7);6H,1-5H2;1-2H2;1-2H. The second kappa shape index (κ2) is 15.7. The molecule has 0 bridgehead atoms. The Morgan fingerprint density at radius 1 is 1.17 bits per heavy atom. The highest BCUT2D eigenvalue weighted by molar-refractivity contribution is 5.78. The van der Waals surface area contributed by atoms with E-state index in [1.165, 1.54) is 32.4 Å². The van der Waals surface area contributed by atoms with Crippen molar-refractivity contribution in [3.05, 3.63) is 13.2 Å². The molecule has 1 atom stereocenters. The van der Waals surface area contributed by atoms with Crippen LogP contribution in [-0.2, 0) is 9.53 Å². The second-order valence-corrected chi connectivity index (χ2v) is 3.71. The number of ether oxygens (including phenoxy) is 1. The van der Waals surface area contributed by atoms with Gasteiger partial charge in [0.05, 0.1) is 0 Å². The molecule has 2 fully saturated rings. The summed E-state index contributed by atoms with van der Waals surface area (Å²) in [6.45, 7) is 9.19. The zero-order valence-corrected chi connectivity index (χ0v) is 11.2. The van der Waals surface area contributed by atoms with E-state index in [0.717, 1.165) is 12.8 Å². The highest BCUT2D eigenvalue weighted by Crippen LogP contribution is 2.10. The molecule has 3 N–H and O–H groups in total. The van der Waals surface area contributed by atoms with Crippen LogP contribution >= 0.6 is 0 Å². The first-order chi connectivity index (χ1) is 8.80. The van der Waals surface area contributed by atoms with E-state index < -0.39 is 0 Å². The molecule has 0 aromatic carbocycles. The van der Waals surface area contributed by atoms with Gasteiger partial charge in [-0.15, -0.1) is 26.0 Å². The van der Waals surface area contributed by atoms with Crippen molar-refractivity contribution in [3.63, 3.8) is 0 Å². The highest BCUT2D eigenvalue weighted by Gasteiger charge is 2.19. The van der Waals surface area contributed by atoms with Crippen molar-refractivity contribution >= 4 is 5.91 Å². The van der Waals surface area contributed by atoms with Crippen LogP contribution in [0, 0.1) is 12.8 Å². The molecule has 2 aliphatic rings. The van der Waals surface area contributed by atoms with Crippen molar-refractivity contribution in [1.29, 1.82) is 0 Å². The van der Waals surface area contributed by atoms with Crippen LogP contribution in [0.4, 0.5) is 0 Å². The number of nitrogens with two attached hydrogens (primary N) is 1. The van der Waals surface area contributed by atoms with Crippen molar-refractivity contribution in [3.8, 4) is 12.8 Å². The first-order valence-electron chi connectivity index (χ1n) is 6.25. The Kier molecular flexibility index (Phi) is 16.6. The molecule has 4 heteroatoms. The number of carbonyl (C=O) groups is 1. The average Bonchev–Trinajstić information content (AvgIpc) is 3.00. The molecule has 0 spiro atoms. The van der Waals surface area contributed by atoms with Crippen molar-refractivity contribution in [2.24, 2.45) is 5.73 Å². The Bertz CT molecular complexity index is 196. The molecule has 2 saturated heterocycles. The Hall–Kier alpha value is -1.31. The Labute approximate surface area is 111 Å². The van der Waals surface area contributed by atoms with E-state index in [0.29, 0.717) is 6.61 Å². The Morgan fingerprint density at radius 2 is 1.72 bits per heavy atom. The van der Waals surface area contributed by atoms with Crippen molar-refractivity contribution in [2.75, 3.05) is 19.7 Å². The van der Waals surface area contributed by atoms with Crippen LogP contribution < -0.4 is 11.1 Å². The zero-order valence-electron chi connectivity index (χ0n) is 11.2. The van der Waals surface area contributed by atoms with E-state index in [9.17, 15) is 4.79 Å². The summed E-state index contributed by atoms with van der Waals surface area (Å²) in [6, 6.07) is 0. The minimum atomic E-state index is -0.331. The molecule has 4 nitrogen and oxygen atoms in total. The summed E-state index contributed by atoms with van der Waals surface area (Å²) in [6.07, 6.45) is 13.7. The number of hydrogen-bond donors (Lipinski definition) is 2. The maximum atomic E-state index is 10.3. The van der Waals surface area contributed by atoms with Gasteiger partial charge < -0.3 is 15.8 Å². The van der Waals surface area contributed by atoms with Gasteiger partial charge in [-0.25, -0.2) is 0 Å². The molecule has 2 aliphatic heterocycles. The van der Waals surface area contributed by atoms with Gasteiger partial charge in [0.15, 0.2) is 0 Å². The second-order valence-electron chi connectivity index (χ2n) is 3.71. The first kappa shape index (κ1) is 19.0. The lowest BCUT2D eigenvalue weighted by Gasteiger charge is -2.08. The van der Waals surface area contributed by atoms with E-state index in [1.54, 1.807) is 0 Å². The minimum Gasteiger partial charge on any atom is -0.368 e. The minimum absolute atomic E-state index is 0.296. The maximum absolute atomic E-state index is 10.3. The number of terminal acetylenes is 1. The average molecular weight is 254 g/mol. The molecular weight excluding hydrogens is 228 g/mol. The van der Waals surface area contributed by atoms with E-state index in [4.69, 9.17) is 10.5 Å². The molecule has 2 heterocycles. The van der Waals surface area contributed by atoms with Crippen LogP contribution in [0.15, 0.2) is 13.2 Å². The lowest BCUT2D eigenvalue weighted by Crippen LogP contribution is -2.27. The van der Waals surface area contributed by atoms with Crippen LogP contribution in [-0.4, -0.2) is 31.7 Å². The maximum Gasteiger partial charge on any atom is 0.246 e. The number of nitrogens with one attached hydrogen (secondary N) is 1. The number of rotatable bonds is 1. The third-order valence-corrected chi connectivity index (χ3v) is 2.45. The van der Waals surface area contributed by atoms with Gasteiger partial charge in [0.2, 0.25) is 5.91 Å². The summed E-state index contributed by atoms with van der Waals surface area (Å²) >= 11 is 0. The van der Waals surface area contributed by atoms with Crippen LogP contribution in [0.2, 0.25) is 0 Å². The Balaban J connectivity index is 0. The molecule has 1 unspecified atom stereocenters. The van der Waals surface area contributed by atoms with E-state index >= 15 is 0 Å². The van der Waals surface area contributed by atoms with E-state index in [1.807, 2.05) is 0 Å². The number of primary amides is 1. The number of amides is 1. The predicted molar refractivity (Wildman–Crippen MR) is 76.0 cm³/mol. The van der Waals surface area contributed by atoms with Gasteiger partial charge in [0, 0.05) is 6.61 Å². The zero-order chi connectivity index (χ0) is 14.2. The lowest BCUT2D eigenvalue weighted by molar-refractivity contribution is -0.126. The third kappa shape index (κ3) is 11.2. The molecule has 2 rings (SSSR count).